The number of carbonyl (C=O) groups excluding carboxylic acids is 3. The number of halogens is 1. The summed E-state index contributed by atoms with van der Waals surface area (Å²) in [4.78, 5) is 49.6. The number of anilines is 1. The van der Waals surface area contributed by atoms with Gasteiger partial charge in [-0.2, -0.15) is 0 Å². The third kappa shape index (κ3) is 3.91. The summed E-state index contributed by atoms with van der Waals surface area (Å²) in [5.74, 6) is -2.24. The molecule has 1 aliphatic rings. The van der Waals surface area contributed by atoms with Gasteiger partial charge in [-0.15, -0.1) is 0 Å². The SMILES string of the molecule is Cc1ccc(N2C(=O)NC(=O)/C(=C\c3ccc(-c4cccc(C(=O)O)c4)o3)C2=O)cc1Cl. The fraction of sp³-hybridized carbons (Fsp3) is 0.0435. The minimum atomic E-state index is -1.08. The summed E-state index contributed by atoms with van der Waals surface area (Å²) in [5, 5.41) is 11.6. The maximum absolute atomic E-state index is 13.0. The van der Waals surface area contributed by atoms with Crippen molar-refractivity contribution in [2.75, 3.05) is 4.90 Å². The fourth-order valence-corrected chi connectivity index (χ4v) is 3.32. The molecule has 2 heterocycles. The van der Waals surface area contributed by atoms with Crippen molar-refractivity contribution in [2.45, 2.75) is 6.92 Å². The molecule has 4 amide bonds. The number of carbonyl (C=O) groups is 4. The Hall–Kier alpha value is -4.17. The van der Waals surface area contributed by atoms with Gasteiger partial charge in [0, 0.05) is 10.6 Å². The number of furan rings is 1. The van der Waals surface area contributed by atoms with Crippen molar-refractivity contribution in [1.82, 2.24) is 5.32 Å². The molecule has 0 atom stereocenters. The number of rotatable bonds is 4. The average molecular weight is 451 g/mol. The molecule has 160 valence electrons. The van der Waals surface area contributed by atoms with Gasteiger partial charge in [-0.25, -0.2) is 14.5 Å². The first-order chi connectivity index (χ1) is 15.2. The zero-order valence-electron chi connectivity index (χ0n) is 16.6. The summed E-state index contributed by atoms with van der Waals surface area (Å²) < 4.78 is 5.68. The van der Waals surface area contributed by atoms with Crippen LogP contribution in [0.25, 0.3) is 17.4 Å². The third-order valence-corrected chi connectivity index (χ3v) is 5.23. The molecule has 9 heteroatoms. The molecule has 0 radical (unpaired) electrons. The molecule has 0 saturated carbocycles. The number of aromatic carboxylic acids is 1. The molecule has 2 N–H and O–H groups in total. The lowest BCUT2D eigenvalue weighted by Crippen LogP contribution is -2.54. The van der Waals surface area contributed by atoms with E-state index in [0.29, 0.717) is 16.3 Å². The molecule has 32 heavy (non-hydrogen) atoms. The number of imide groups is 2. The van der Waals surface area contributed by atoms with Gasteiger partial charge in [0.25, 0.3) is 11.8 Å². The molecular weight excluding hydrogens is 436 g/mol. The molecule has 2 aromatic carbocycles. The summed E-state index contributed by atoms with van der Waals surface area (Å²) in [6, 6.07) is 13.0. The van der Waals surface area contributed by atoms with E-state index in [1.54, 1.807) is 37.3 Å². The minimum Gasteiger partial charge on any atom is -0.478 e. The van der Waals surface area contributed by atoms with Gasteiger partial charge >= 0.3 is 12.0 Å². The van der Waals surface area contributed by atoms with E-state index >= 15 is 0 Å². The highest BCUT2D eigenvalue weighted by Crippen LogP contribution is 2.28. The van der Waals surface area contributed by atoms with Gasteiger partial charge in [-0.05, 0) is 55.0 Å². The number of urea groups is 1. The zero-order chi connectivity index (χ0) is 23.0. The van der Waals surface area contributed by atoms with Gasteiger partial charge in [0.05, 0.1) is 11.3 Å². The second-order valence-corrected chi connectivity index (χ2v) is 7.39. The number of carboxylic acid groups (broad SMARTS) is 1. The van der Waals surface area contributed by atoms with Crippen LogP contribution in [0.1, 0.15) is 21.7 Å². The van der Waals surface area contributed by atoms with Crippen LogP contribution in [-0.2, 0) is 9.59 Å². The molecule has 0 unspecified atom stereocenters. The molecule has 0 spiro atoms. The number of nitrogens with zero attached hydrogens (tertiary/aromatic N) is 1. The number of hydrogen-bond donors (Lipinski definition) is 2. The summed E-state index contributed by atoms with van der Waals surface area (Å²) in [6.07, 6.45) is 1.22. The van der Waals surface area contributed by atoms with Crippen molar-refractivity contribution in [3.05, 3.63) is 82.1 Å². The predicted molar refractivity (Wildman–Crippen MR) is 116 cm³/mol. The standard InChI is InChI=1S/C23H15ClN2O6/c1-12-5-6-15(10-18(12)24)26-21(28)17(20(27)25-23(26)31)11-16-7-8-19(32-16)13-3-2-4-14(9-13)22(29)30/h2-11H,1H3,(H,29,30)(H,25,27,31)/b17-11+. The molecule has 0 bridgehead atoms. The van der Waals surface area contributed by atoms with Crippen LogP contribution in [0, 0.1) is 6.92 Å². The molecule has 4 rings (SSSR count). The van der Waals surface area contributed by atoms with Crippen LogP contribution in [0.4, 0.5) is 10.5 Å². The van der Waals surface area contributed by atoms with E-state index in [2.05, 4.69) is 5.32 Å². The van der Waals surface area contributed by atoms with E-state index in [1.165, 1.54) is 30.3 Å². The monoisotopic (exact) mass is 450 g/mol. The second-order valence-electron chi connectivity index (χ2n) is 6.98. The van der Waals surface area contributed by atoms with Crippen molar-refractivity contribution < 1.29 is 28.7 Å². The van der Waals surface area contributed by atoms with E-state index in [-0.39, 0.29) is 22.6 Å². The van der Waals surface area contributed by atoms with E-state index < -0.39 is 23.8 Å². The maximum atomic E-state index is 13.0. The molecule has 1 saturated heterocycles. The quantitative estimate of drug-likeness (QED) is 0.452. The zero-order valence-corrected chi connectivity index (χ0v) is 17.3. The summed E-state index contributed by atoms with van der Waals surface area (Å²) >= 11 is 6.11. The Kier molecular flexibility index (Phi) is 5.38. The third-order valence-electron chi connectivity index (χ3n) is 4.82. The van der Waals surface area contributed by atoms with Crippen molar-refractivity contribution in [1.29, 1.82) is 0 Å². The van der Waals surface area contributed by atoms with Crippen molar-refractivity contribution in [3.8, 4) is 11.3 Å². The van der Waals surface area contributed by atoms with Crippen molar-refractivity contribution >= 4 is 47.2 Å². The van der Waals surface area contributed by atoms with Gasteiger partial charge in [0.1, 0.15) is 17.1 Å². The second kappa shape index (κ2) is 8.16. The molecule has 0 aliphatic carbocycles. The summed E-state index contributed by atoms with van der Waals surface area (Å²) in [5.41, 5.74) is 1.28. The first kappa shape index (κ1) is 21.1. The highest BCUT2D eigenvalue weighted by molar-refractivity contribution is 6.39. The predicted octanol–water partition coefficient (Wildman–Crippen LogP) is 4.27. The van der Waals surface area contributed by atoms with E-state index in [4.69, 9.17) is 21.1 Å². The van der Waals surface area contributed by atoms with Gasteiger partial charge in [0.15, 0.2) is 0 Å². The van der Waals surface area contributed by atoms with Crippen LogP contribution in [0.2, 0.25) is 5.02 Å². The lowest BCUT2D eigenvalue weighted by molar-refractivity contribution is -0.122. The lowest BCUT2D eigenvalue weighted by Gasteiger charge is -2.26. The fourth-order valence-electron chi connectivity index (χ4n) is 3.15. The topological polar surface area (TPSA) is 117 Å². The van der Waals surface area contributed by atoms with Crippen LogP contribution in [0.15, 0.2) is 64.6 Å². The van der Waals surface area contributed by atoms with E-state index in [1.807, 2.05) is 0 Å². The highest BCUT2D eigenvalue weighted by Gasteiger charge is 2.37. The van der Waals surface area contributed by atoms with E-state index in [0.717, 1.165) is 10.5 Å². The number of nitrogens with one attached hydrogen (secondary N) is 1. The minimum absolute atomic E-state index is 0.0894. The number of aryl methyl sites for hydroxylation is 1. The van der Waals surface area contributed by atoms with Gasteiger partial charge < -0.3 is 9.52 Å². The van der Waals surface area contributed by atoms with Gasteiger partial charge in [-0.3, -0.25) is 14.9 Å². The Labute approximate surface area is 186 Å². The summed E-state index contributed by atoms with van der Waals surface area (Å²) in [6.45, 7) is 1.78. The average Bonchev–Trinajstić information content (AvgIpc) is 3.22. The molecule has 1 aromatic heterocycles. The molecule has 8 nitrogen and oxygen atoms in total. The normalized spacial score (nSPS) is 15.2. The number of carboxylic acids is 1. The maximum Gasteiger partial charge on any atom is 0.335 e. The van der Waals surface area contributed by atoms with Crippen molar-refractivity contribution in [2.24, 2.45) is 0 Å². The lowest BCUT2D eigenvalue weighted by atomic mass is 10.1. The molecule has 3 aromatic rings. The van der Waals surface area contributed by atoms with Crippen molar-refractivity contribution in [3.63, 3.8) is 0 Å². The van der Waals surface area contributed by atoms with Gasteiger partial charge in [0.2, 0.25) is 0 Å². The number of barbiturate groups is 1. The number of benzene rings is 2. The van der Waals surface area contributed by atoms with Crippen LogP contribution in [0.5, 0.6) is 0 Å². The summed E-state index contributed by atoms with van der Waals surface area (Å²) in [7, 11) is 0. The van der Waals surface area contributed by atoms with Crippen LogP contribution >= 0.6 is 11.6 Å². The van der Waals surface area contributed by atoms with Crippen LogP contribution in [0.3, 0.4) is 0 Å². The Bertz CT molecular complexity index is 1320. The Morgan fingerprint density at radius 1 is 1.09 bits per heavy atom. The number of hydrogen-bond acceptors (Lipinski definition) is 5. The number of amides is 4. The first-order valence-electron chi connectivity index (χ1n) is 9.36. The first-order valence-corrected chi connectivity index (χ1v) is 9.73. The van der Waals surface area contributed by atoms with Gasteiger partial charge in [-0.1, -0.05) is 29.8 Å². The van der Waals surface area contributed by atoms with E-state index in [9.17, 15) is 19.2 Å². The highest BCUT2D eigenvalue weighted by atomic mass is 35.5. The Morgan fingerprint density at radius 3 is 2.59 bits per heavy atom. The smallest absolute Gasteiger partial charge is 0.335 e. The largest absolute Gasteiger partial charge is 0.478 e. The molecule has 1 fully saturated rings. The molecule has 1 aliphatic heterocycles. The van der Waals surface area contributed by atoms with Crippen LogP contribution in [-0.4, -0.2) is 28.9 Å². The van der Waals surface area contributed by atoms with Crippen LogP contribution < -0.4 is 10.2 Å². The molecular formula is C23H15ClN2O6. The Morgan fingerprint density at radius 2 is 1.88 bits per heavy atom. The Balaban J connectivity index is 1.67.